The average molecular weight is 336 g/mol. The van der Waals surface area contributed by atoms with Crippen LogP contribution in [0.3, 0.4) is 0 Å². The minimum Gasteiger partial charge on any atom is -0.255 e. The van der Waals surface area contributed by atoms with E-state index in [9.17, 15) is 8.42 Å². The Morgan fingerprint density at radius 3 is 2.50 bits per heavy atom. The second-order valence-electron chi connectivity index (χ2n) is 5.83. The van der Waals surface area contributed by atoms with Gasteiger partial charge in [0.25, 0.3) is 10.0 Å². The van der Waals surface area contributed by atoms with Crippen LogP contribution in [-0.4, -0.2) is 13.4 Å². The molecule has 22 heavy (non-hydrogen) atoms. The first-order chi connectivity index (χ1) is 10.5. The number of hydrogen-bond acceptors (Lipinski definition) is 4. The summed E-state index contributed by atoms with van der Waals surface area (Å²) in [6.07, 6.45) is 6.11. The molecule has 0 saturated heterocycles. The Morgan fingerprint density at radius 2 is 1.82 bits per heavy atom. The van der Waals surface area contributed by atoms with Gasteiger partial charge in [-0.2, -0.15) is 0 Å². The molecule has 0 amide bonds. The maximum Gasteiger partial charge on any atom is 0.263 e. The molecule has 0 spiro atoms. The molecule has 3 rings (SSSR count). The molecule has 1 aliphatic carbocycles. The molecule has 1 saturated carbocycles. The minimum absolute atomic E-state index is 0.271. The summed E-state index contributed by atoms with van der Waals surface area (Å²) in [5.41, 5.74) is 2.07. The van der Waals surface area contributed by atoms with Crippen LogP contribution in [0.2, 0.25) is 0 Å². The largest absolute Gasteiger partial charge is 0.263 e. The molecule has 1 fully saturated rings. The molecule has 1 heterocycles. The number of hydrogen-bond donors (Lipinski definition) is 1. The molecule has 0 atom stereocenters. The molecule has 118 valence electrons. The standard InChI is InChI=1S/C16H20N2O2S2/c1-12-7-9-14(10-8-12)22(19,20)18-16-17-15(11-21-16)13-5-3-2-4-6-13/h7-11,13H,2-6H2,1H3,(H,17,18). The summed E-state index contributed by atoms with van der Waals surface area (Å²) >= 11 is 1.37. The van der Waals surface area contributed by atoms with Gasteiger partial charge < -0.3 is 0 Å². The number of aromatic nitrogens is 1. The molecule has 0 unspecified atom stereocenters. The third kappa shape index (κ3) is 3.50. The molecule has 0 aliphatic heterocycles. The fourth-order valence-electron chi connectivity index (χ4n) is 2.81. The summed E-state index contributed by atoms with van der Waals surface area (Å²) in [4.78, 5) is 4.76. The van der Waals surface area contributed by atoms with Gasteiger partial charge in [0.05, 0.1) is 10.6 Å². The Balaban J connectivity index is 1.75. The molecule has 1 aromatic heterocycles. The Kier molecular flexibility index (Phi) is 4.49. The number of anilines is 1. The van der Waals surface area contributed by atoms with E-state index in [1.807, 2.05) is 12.3 Å². The Bertz CT molecular complexity index is 730. The summed E-state index contributed by atoms with van der Waals surface area (Å²) in [6, 6.07) is 6.83. The van der Waals surface area contributed by atoms with Crippen molar-refractivity contribution in [2.75, 3.05) is 4.72 Å². The molecule has 0 radical (unpaired) electrons. The fourth-order valence-corrected chi connectivity index (χ4v) is 4.86. The Labute approximate surface area is 135 Å². The molecule has 2 aromatic rings. The Morgan fingerprint density at radius 1 is 1.14 bits per heavy atom. The second kappa shape index (κ2) is 6.38. The van der Waals surface area contributed by atoms with Crippen molar-refractivity contribution in [3.8, 4) is 0 Å². The van der Waals surface area contributed by atoms with Crippen molar-refractivity contribution >= 4 is 26.5 Å². The minimum atomic E-state index is -3.55. The lowest BCUT2D eigenvalue weighted by Crippen LogP contribution is -2.13. The van der Waals surface area contributed by atoms with Crippen molar-refractivity contribution in [3.05, 3.63) is 40.9 Å². The lowest BCUT2D eigenvalue weighted by molar-refractivity contribution is 0.438. The van der Waals surface area contributed by atoms with E-state index in [-0.39, 0.29) is 4.90 Å². The number of aryl methyl sites for hydroxylation is 1. The van der Waals surface area contributed by atoms with Gasteiger partial charge in [-0.15, -0.1) is 11.3 Å². The van der Waals surface area contributed by atoms with Gasteiger partial charge >= 0.3 is 0 Å². The normalized spacial score (nSPS) is 16.6. The number of nitrogens with one attached hydrogen (secondary N) is 1. The lowest BCUT2D eigenvalue weighted by atomic mass is 9.87. The molecular formula is C16H20N2O2S2. The van der Waals surface area contributed by atoms with E-state index in [2.05, 4.69) is 9.71 Å². The average Bonchev–Trinajstić information content (AvgIpc) is 2.96. The first-order valence-corrected chi connectivity index (χ1v) is 9.96. The highest BCUT2D eigenvalue weighted by molar-refractivity contribution is 7.93. The number of thiazole rings is 1. The summed E-state index contributed by atoms with van der Waals surface area (Å²) in [7, 11) is -3.55. The van der Waals surface area contributed by atoms with Crippen LogP contribution >= 0.6 is 11.3 Å². The van der Waals surface area contributed by atoms with Crippen molar-refractivity contribution in [2.45, 2.75) is 49.8 Å². The van der Waals surface area contributed by atoms with Gasteiger partial charge in [-0.1, -0.05) is 37.0 Å². The zero-order chi connectivity index (χ0) is 15.6. The maximum absolute atomic E-state index is 12.4. The van der Waals surface area contributed by atoms with Gasteiger partial charge in [0.15, 0.2) is 5.13 Å². The van der Waals surface area contributed by atoms with E-state index in [4.69, 9.17) is 0 Å². The predicted octanol–water partition coefficient (Wildman–Crippen LogP) is 4.30. The number of sulfonamides is 1. The summed E-state index contributed by atoms with van der Waals surface area (Å²) in [5, 5.41) is 2.45. The molecule has 1 N–H and O–H groups in total. The van der Waals surface area contributed by atoms with E-state index in [0.29, 0.717) is 11.0 Å². The molecule has 4 nitrogen and oxygen atoms in total. The van der Waals surface area contributed by atoms with E-state index < -0.39 is 10.0 Å². The lowest BCUT2D eigenvalue weighted by Gasteiger charge is -2.19. The Hall–Kier alpha value is -1.40. The van der Waals surface area contributed by atoms with Crippen LogP contribution in [-0.2, 0) is 10.0 Å². The second-order valence-corrected chi connectivity index (χ2v) is 8.37. The monoisotopic (exact) mass is 336 g/mol. The molecular weight excluding hydrogens is 316 g/mol. The third-order valence-corrected chi connectivity index (χ3v) is 6.36. The van der Waals surface area contributed by atoms with Crippen LogP contribution in [0.1, 0.15) is 49.3 Å². The highest BCUT2D eigenvalue weighted by Crippen LogP contribution is 2.34. The van der Waals surface area contributed by atoms with Crippen LogP contribution in [0.5, 0.6) is 0 Å². The molecule has 1 aromatic carbocycles. The third-order valence-electron chi connectivity index (χ3n) is 4.10. The van der Waals surface area contributed by atoms with Gasteiger partial charge in [0, 0.05) is 11.3 Å². The zero-order valence-electron chi connectivity index (χ0n) is 12.6. The van der Waals surface area contributed by atoms with E-state index in [1.54, 1.807) is 24.3 Å². The van der Waals surface area contributed by atoms with Gasteiger partial charge in [0.1, 0.15) is 0 Å². The van der Waals surface area contributed by atoms with Crippen molar-refractivity contribution in [3.63, 3.8) is 0 Å². The van der Waals surface area contributed by atoms with Gasteiger partial charge in [-0.25, -0.2) is 13.4 Å². The fraction of sp³-hybridized carbons (Fsp3) is 0.438. The van der Waals surface area contributed by atoms with Crippen molar-refractivity contribution < 1.29 is 8.42 Å². The van der Waals surface area contributed by atoms with Crippen LogP contribution in [0, 0.1) is 6.92 Å². The SMILES string of the molecule is Cc1ccc(S(=O)(=O)Nc2nc(C3CCCCC3)cs2)cc1. The first kappa shape index (κ1) is 15.5. The van der Waals surface area contributed by atoms with Crippen molar-refractivity contribution in [1.82, 2.24) is 4.98 Å². The van der Waals surface area contributed by atoms with Crippen LogP contribution in [0.15, 0.2) is 34.5 Å². The molecule has 1 aliphatic rings. The maximum atomic E-state index is 12.4. The van der Waals surface area contributed by atoms with Crippen LogP contribution in [0.25, 0.3) is 0 Å². The molecule has 0 bridgehead atoms. The van der Waals surface area contributed by atoms with E-state index in [1.165, 1.54) is 30.6 Å². The van der Waals surface area contributed by atoms with E-state index >= 15 is 0 Å². The van der Waals surface area contributed by atoms with Crippen molar-refractivity contribution in [1.29, 1.82) is 0 Å². The number of nitrogens with zero attached hydrogens (tertiary/aromatic N) is 1. The zero-order valence-corrected chi connectivity index (χ0v) is 14.2. The first-order valence-electron chi connectivity index (χ1n) is 7.59. The van der Waals surface area contributed by atoms with Crippen LogP contribution < -0.4 is 4.72 Å². The van der Waals surface area contributed by atoms with Gasteiger partial charge in [-0.05, 0) is 31.9 Å². The predicted molar refractivity (Wildman–Crippen MR) is 89.9 cm³/mol. The van der Waals surface area contributed by atoms with Crippen LogP contribution in [0.4, 0.5) is 5.13 Å². The van der Waals surface area contributed by atoms with Gasteiger partial charge in [0.2, 0.25) is 0 Å². The highest BCUT2D eigenvalue weighted by Gasteiger charge is 2.20. The van der Waals surface area contributed by atoms with Crippen molar-refractivity contribution in [2.24, 2.45) is 0 Å². The highest BCUT2D eigenvalue weighted by atomic mass is 32.2. The van der Waals surface area contributed by atoms with E-state index in [0.717, 1.165) is 24.1 Å². The van der Waals surface area contributed by atoms with Gasteiger partial charge in [-0.3, -0.25) is 4.72 Å². The quantitative estimate of drug-likeness (QED) is 0.905. The number of rotatable bonds is 4. The summed E-state index contributed by atoms with van der Waals surface area (Å²) in [6.45, 7) is 1.93. The summed E-state index contributed by atoms with van der Waals surface area (Å²) in [5.74, 6) is 0.489. The smallest absolute Gasteiger partial charge is 0.255 e. The molecule has 6 heteroatoms. The topological polar surface area (TPSA) is 59.1 Å². The number of benzene rings is 1. The summed E-state index contributed by atoms with van der Waals surface area (Å²) < 4.78 is 27.3.